The lowest BCUT2D eigenvalue weighted by atomic mass is 10.1. The molecule has 0 aliphatic heterocycles. The molecule has 0 spiro atoms. The zero-order valence-corrected chi connectivity index (χ0v) is 19.9. The van der Waals surface area contributed by atoms with Crippen LogP contribution in [-0.2, 0) is 9.53 Å². The van der Waals surface area contributed by atoms with Crippen LogP contribution in [0.1, 0.15) is 5.56 Å². The number of carbonyl (C=O) groups excluding carboxylic acids is 1. The molecule has 0 fully saturated rings. The van der Waals surface area contributed by atoms with Gasteiger partial charge >= 0.3 is 0 Å². The maximum Gasteiger partial charge on any atom is 0.235 e. The predicted octanol–water partition coefficient (Wildman–Crippen LogP) is 4.49. The number of nitrogens with one attached hydrogen (secondary N) is 2. The average Bonchev–Trinajstić information content (AvgIpc) is 3.46. The number of hydrogen-bond acceptors (Lipinski definition) is 8. The van der Waals surface area contributed by atoms with E-state index >= 15 is 0 Å². The number of aromatic nitrogens is 4. The summed E-state index contributed by atoms with van der Waals surface area (Å²) in [5.41, 5.74) is 3.83. The molecule has 2 N–H and O–H groups in total. The van der Waals surface area contributed by atoms with Gasteiger partial charge in [-0.05, 0) is 19.1 Å². The number of para-hydroxylation sites is 1. The summed E-state index contributed by atoms with van der Waals surface area (Å²) in [6.45, 7) is 3.29. The Labute approximate surface area is 200 Å². The van der Waals surface area contributed by atoms with E-state index in [-0.39, 0.29) is 11.7 Å². The summed E-state index contributed by atoms with van der Waals surface area (Å²) in [7, 11) is 1.65. The number of amides is 1. The van der Waals surface area contributed by atoms with Gasteiger partial charge in [0.25, 0.3) is 0 Å². The van der Waals surface area contributed by atoms with Gasteiger partial charge < -0.3 is 15.4 Å². The van der Waals surface area contributed by atoms with Crippen molar-refractivity contribution in [3.63, 3.8) is 0 Å². The molecule has 33 heavy (non-hydrogen) atoms. The Kier molecular flexibility index (Phi) is 7.71. The van der Waals surface area contributed by atoms with E-state index in [0.29, 0.717) is 24.1 Å². The molecule has 0 aliphatic rings. The average molecular weight is 481 g/mol. The van der Waals surface area contributed by atoms with Crippen molar-refractivity contribution in [2.75, 3.05) is 36.6 Å². The molecule has 0 saturated heterocycles. The first-order valence-electron chi connectivity index (χ1n) is 10.3. The van der Waals surface area contributed by atoms with Gasteiger partial charge in [0.1, 0.15) is 5.82 Å². The van der Waals surface area contributed by atoms with Gasteiger partial charge in [-0.1, -0.05) is 71.1 Å². The second-order valence-electron chi connectivity index (χ2n) is 7.16. The molecule has 170 valence electrons. The van der Waals surface area contributed by atoms with E-state index in [1.807, 2.05) is 67.6 Å². The minimum Gasteiger partial charge on any atom is -0.383 e. The Morgan fingerprint density at radius 2 is 1.91 bits per heavy atom. The highest BCUT2D eigenvalue weighted by molar-refractivity contribution is 8.01. The van der Waals surface area contributed by atoms with Gasteiger partial charge in [0.05, 0.1) is 23.7 Å². The minimum atomic E-state index is -0.142. The lowest BCUT2D eigenvalue weighted by molar-refractivity contribution is -0.113. The largest absolute Gasteiger partial charge is 0.383 e. The molecular weight excluding hydrogens is 456 g/mol. The summed E-state index contributed by atoms with van der Waals surface area (Å²) in [5, 5.41) is 19.8. The minimum absolute atomic E-state index is 0.142. The molecule has 4 aromatic rings. The highest BCUT2D eigenvalue weighted by Gasteiger charge is 2.15. The van der Waals surface area contributed by atoms with Gasteiger partial charge in [0.15, 0.2) is 4.34 Å². The number of rotatable bonds is 10. The first kappa shape index (κ1) is 23.0. The lowest BCUT2D eigenvalue weighted by Gasteiger charge is -2.08. The lowest BCUT2D eigenvalue weighted by Crippen LogP contribution is -2.16. The Balaban J connectivity index is 1.46. The van der Waals surface area contributed by atoms with Crippen molar-refractivity contribution in [1.29, 1.82) is 0 Å². The van der Waals surface area contributed by atoms with E-state index in [4.69, 9.17) is 9.84 Å². The monoisotopic (exact) mass is 480 g/mol. The third-order valence-corrected chi connectivity index (χ3v) is 6.65. The van der Waals surface area contributed by atoms with Crippen LogP contribution < -0.4 is 10.6 Å². The normalized spacial score (nSPS) is 10.8. The third-order valence-electron chi connectivity index (χ3n) is 4.64. The van der Waals surface area contributed by atoms with E-state index in [1.54, 1.807) is 11.8 Å². The van der Waals surface area contributed by atoms with Crippen molar-refractivity contribution in [2.45, 2.75) is 11.3 Å². The fraction of sp³-hybridized carbons (Fsp3) is 0.217. The zero-order valence-electron chi connectivity index (χ0n) is 18.3. The maximum absolute atomic E-state index is 12.7. The first-order valence-corrected chi connectivity index (χ1v) is 12.1. The second kappa shape index (κ2) is 11.1. The zero-order chi connectivity index (χ0) is 23.0. The number of hydrogen-bond donors (Lipinski definition) is 2. The first-order chi connectivity index (χ1) is 16.1. The summed E-state index contributed by atoms with van der Waals surface area (Å²) in [6.07, 6.45) is 0. The Bertz CT molecular complexity index is 1190. The number of anilines is 2. The van der Waals surface area contributed by atoms with Crippen molar-refractivity contribution in [3.05, 3.63) is 66.2 Å². The molecule has 8 nitrogen and oxygen atoms in total. The smallest absolute Gasteiger partial charge is 0.235 e. The van der Waals surface area contributed by atoms with Crippen LogP contribution in [0.3, 0.4) is 0 Å². The van der Waals surface area contributed by atoms with Crippen LogP contribution >= 0.6 is 23.1 Å². The summed E-state index contributed by atoms with van der Waals surface area (Å²) in [4.78, 5) is 12.7. The molecule has 0 atom stereocenters. The molecule has 0 bridgehead atoms. The Morgan fingerprint density at radius 1 is 1.12 bits per heavy atom. The van der Waals surface area contributed by atoms with Crippen molar-refractivity contribution < 1.29 is 9.53 Å². The summed E-state index contributed by atoms with van der Waals surface area (Å²) in [5.74, 6) is 0.685. The molecule has 0 unspecified atom stereocenters. The SMILES string of the molecule is COCCNc1nnc(SCC(=O)Nc2cc(-c3ccc(C)cc3)nn2-c2ccccc2)s1. The van der Waals surface area contributed by atoms with Crippen LogP contribution in [0.4, 0.5) is 10.9 Å². The number of aryl methyl sites for hydroxylation is 1. The van der Waals surface area contributed by atoms with E-state index < -0.39 is 0 Å². The summed E-state index contributed by atoms with van der Waals surface area (Å²) in [6, 6.07) is 19.8. The third kappa shape index (κ3) is 6.19. The quantitative estimate of drug-likeness (QED) is 0.255. The fourth-order valence-electron chi connectivity index (χ4n) is 3.01. The van der Waals surface area contributed by atoms with Crippen LogP contribution in [0, 0.1) is 6.92 Å². The molecule has 2 aromatic heterocycles. The van der Waals surface area contributed by atoms with Gasteiger partial charge in [-0.25, -0.2) is 4.68 Å². The number of thioether (sulfide) groups is 1. The van der Waals surface area contributed by atoms with Gasteiger partial charge in [0.2, 0.25) is 11.0 Å². The predicted molar refractivity (Wildman–Crippen MR) is 133 cm³/mol. The fourth-order valence-corrected chi connectivity index (χ4v) is 4.58. The molecule has 0 radical (unpaired) electrons. The number of nitrogens with zero attached hydrogens (tertiary/aromatic N) is 4. The number of methoxy groups -OCH3 is 1. The van der Waals surface area contributed by atoms with E-state index in [9.17, 15) is 4.79 Å². The van der Waals surface area contributed by atoms with Gasteiger partial charge in [-0.3, -0.25) is 4.79 Å². The van der Waals surface area contributed by atoms with Crippen molar-refractivity contribution in [2.24, 2.45) is 0 Å². The molecule has 2 aromatic carbocycles. The van der Waals surface area contributed by atoms with Gasteiger partial charge in [0, 0.05) is 25.3 Å². The summed E-state index contributed by atoms with van der Waals surface area (Å²) >= 11 is 2.76. The van der Waals surface area contributed by atoms with Crippen LogP contribution in [0.15, 0.2) is 65.0 Å². The topological polar surface area (TPSA) is 94.0 Å². The van der Waals surface area contributed by atoms with E-state index in [1.165, 1.54) is 28.7 Å². The van der Waals surface area contributed by atoms with Gasteiger partial charge in [-0.2, -0.15) is 5.10 Å². The highest BCUT2D eigenvalue weighted by atomic mass is 32.2. The standard InChI is InChI=1S/C23H24N6O2S2/c1-16-8-10-17(11-9-16)19-14-20(29(28-19)18-6-4-3-5-7-18)25-21(30)15-32-23-27-26-22(33-23)24-12-13-31-2/h3-11,14H,12-13,15H2,1-2H3,(H,24,26)(H,25,30). The Morgan fingerprint density at radius 3 is 2.67 bits per heavy atom. The molecule has 0 saturated carbocycles. The molecule has 2 heterocycles. The van der Waals surface area contributed by atoms with E-state index in [2.05, 4.69) is 20.8 Å². The maximum atomic E-state index is 12.7. The van der Waals surface area contributed by atoms with Crippen LogP contribution in [-0.4, -0.2) is 51.9 Å². The van der Waals surface area contributed by atoms with E-state index in [0.717, 1.165) is 21.3 Å². The van der Waals surface area contributed by atoms with Crippen LogP contribution in [0.25, 0.3) is 16.9 Å². The second-order valence-corrected chi connectivity index (χ2v) is 9.36. The number of benzene rings is 2. The van der Waals surface area contributed by atoms with Crippen molar-refractivity contribution in [3.8, 4) is 16.9 Å². The molecular formula is C23H24N6O2S2. The molecule has 0 aliphatic carbocycles. The molecule has 10 heteroatoms. The number of ether oxygens (including phenoxy) is 1. The van der Waals surface area contributed by atoms with Crippen molar-refractivity contribution >= 4 is 40.0 Å². The summed E-state index contributed by atoms with van der Waals surface area (Å²) < 4.78 is 7.49. The highest BCUT2D eigenvalue weighted by Crippen LogP contribution is 2.27. The molecule has 1 amide bonds. The van der Waals surface area contributed by atoms with Crippen LogP contribution in [0.2, 0.25) is 0 Å². The van der Waals surface area contributed by atoms with Gasteiger partial charge in [-0.15, -0.1) is 10.2 Å². The number of carbonyl (C=O) groups is 1. The van der Waals surface area contributed by atoms with Crippen molar-refractivity contribution in [1.82, 2.24) is 20.0 Å². The van der Waals surface area contributed by atoms with Crippen LogP contribution in [0.5, 0.6) is 0 Å². The Hall–Kier alpha value is -3.21. The molecule has 4 rings (SSSR count).